The molecule has 0 aromatic heterocycles. The van der Waals surface area contributed by atoms with Gasteiger partial charge in [0.15, 0.2) is 5.78 Å². The third kappa shape index (κ3) is 4.85. The second kappa shape index (κ2) is 9.89. The molecule has 34 heavy (non-hydrogen) atoms. The average Bonchev–Trinajstić information content (AvgIpc) is 2.84. The zero-order valence-electron chi connectivity index (χ0n) is 18.5. The van der Waals surface area contributed by atoms with Crippen molar-refractivity contribution in [1.29, 1.82) is 0 Å². The van der Waals surface area contributed by atoms with E-state index in [2.05, 4.69) is 0 Å². The number of rotatable bonds is 5. The Morgan fingerprint density at radius 2 is 1.71 bits per heavy atom. The monoisotopic (exact) mass is 471 g/mol. The number of amides is 1. The van der Waals surface area contributed by atoms with Crippen LogP contribution in [0.3, 0.4) is 0 Å². The smallest absolute Gasteiger partial charge is 0.334 e. The second-order valence-electron chi connectivity index (χ2n) is 7.96. The minimum atomic E-state index is -0.559. The summed E-state index contributed by atoms with van der Waals surface area (Å²) in [5.74, 6) is -1.36. The van der Waals surface area contributed by atoms with Gasteiger partial charge in [0.1, 0.15) is 0 Å². The van der Waals surface area contributed by atoms with Gasteiger partial charge >= 0.3 is 5.97 Å². The van der Waals surface area contributed by atoms with Gasteiger partial charge in [-0.05, 0) is 52.6 Å². The number of nitrogens with two attached hydrogens (primary N) is 1. The third-order valence-electron chi connectivity index (χ3n) is 5.79. The van der Waals surface area contributed by atoms with Crippen molar-refractivity contribution in [2.24, 2.45) is 5.73 Å². The summed E-state index contributed by atoms with van der Waals surface area (Å²) in [5, 5.41) is 0.511. The number of methoxy groups -OCH3 is 1. The van der Waals surface area contributed by atoms with Gasteiger partial charge in [0.25, 0.3) is 0 Å². The van der Waals surface area contributed by atoms with Crippen LogP contribution < -0.4 is 5.73 Å². The highest BCUT2D eigenvalue weighted by molar-refractivity contribution is 6.31. The number of halogens is 1. The molecule has 1 amide bonds. The molecule has 0 saturated heterocycles. The van der Waals surface area contributed by atoms with Crippen molar-refractivity contribution in [3.8, 4) is 0 Å². The Balaban J connectivity index is 1.91. The standard InChI is InChI=1S/C28H22ClNO4/c1-34-28(33)25-16-20(18-5-3-2-4-6-18)14-21-15-22(29)11-12-23(21)26(31)24(25)13-17-7-9-19(10-8-17)27(30)32/h2-12,14-15H,13,16H2,1H3,(H2,30,32)/b20-14-,25-24+. The number of ether oxygens (including phenoxy) is 1. The Kier molecular flexibility index (Phi) is 6.75. The van der Waals surface area contributed by atoms with E-state index in [1.54, 1.807) is 42.5 Å². The first kappa shape index (κ1) is 23.2. The van der Waals surface area contributed by atoms with E-state index in [1.807, 2.05) is 36.4 Å². The fourth-order valence-electron chi connectivity index (χ4n) is 4.03. The molecule has 6 heteroatoms. The molecule has 3 aromatic carbocycles. The fraction of sp³-hybridized carbons (Fsp3) is 0.107. The van der Waals surface area contributed by atoms with E-state index in [-0.39, 0.29) is 18.6 Å². The molecule has 2 N–H and O–H groups in total. The molecule has 1 aliphatic rings. The Morgan fingerprint density at radius 3 is 2.35 bits per heavy atom. The van der Waals surface area contributed by atoms with Crippen LogP contribution in [0.15, 0.2) is 83.9 Å². The lowest BCUT2D eigenvalue weighted by molar-refractivity contribution is -0.136. The van der Waals surface area contributed by atoms with Crippen LogP contribution in [0.5, 0.6) is 0 Å². The SMILES string of the molecule is COC(=O)/C1=C(\Cc2ccc(C(N)=O)cc2)C(=O)c2ccc(Cl)cc2/C=C(\c2ccccc2)C1. The number of hydrogen-bond donors (Lipinski definition) is 1. The van der Waals surface area contributed by atoms with Gasteiger partial charge in [-0.15, -0.1) is 0 Å². The molecule has 0 bridgehead atoms. The van der Waals surface area contributed by atoms with E-state index >= 15 is 0 Å². The number of ketones is 1. The maximum absolute atomic E-state index is 13.7. The summed E-state index contributed by atoms with van der Waals surface area (Å²) in [6.45, 7) is 0. The molecular formula is C28H22ClNO4. The Hall–Kier alpha value is -3.96. The van der Waals surface area contributed by atoms with Crippen molar-refractivity contribution in [2.45, 2.75) is 12.8 Å². The molecule has 0 aliphatic heterocycles. The van der Waals surface area contributed by atoms with E-state index in [9.17, 15) is 14.4 Å². The number of esters is 1. The van der Waals surface area contributed by atoms with Gasteiger partial charge in [0.2, 0.25) is 5.91 Å². The number of hydrogen-bond acceptors (Lipinski definition) is 4. The van der Waals surface area contributed by atoms with E-state index in [0.717, 1.165) is 16.7 Å². The molecule has 5 nitrogen and oxygen atoms in total. The summed E-state index contributed by atoms with van der Waals surface area (Å²) in [4.78, 5) is 38.1. The molecule has 170 valence electrons. The van der Waals surface area contributed by atoms with Crippen molar-refractivity contribution in [1.82, 2.24) is 0 Å². The van der Waals surface area contributed by atoms with Crippen LogP contribution in [0.25, 0.3) is 11.6 Å². The number of carbonyl (C=O) groups is 3. The zero-order chi connectivity index (χ0) is 24.2. The highest BCUT2D eigenvalue weighted by Gasteiger charge is 2.28. The summed E-state index contributed by atoms with van der Waals surface area (Å²) < 4.78 is 5.09. The topological polar surface area (TPSA) is 86.5 Å². The molecule has 0 heterocycles. The Bertz CT molecular complexity index is 1340. The molecule has 1 aliphatic carbocycles. The molecular weight excluding hydrogens is 450 g/mol. The maximum Gasteiger partial charge on any atom is 0.334 e. The molecule has 0 atom stereocenters. The predicted molar refractivity (Wildman–Crippen MR) is 132 cm³/mol. The van der Waals surface area contributed by atoms with E-state index in [4.69, 9.17) is 22.1 Å². The summed E-state index contributed by atoms with van der Waals surface area (Å²) in [6.07, 6.45) is 2.30. The van der Waals surface area contributed by atoms with Gasteiger partial charge in [-0.2, -0.15) is 0 Å². The number of Topliss-reactive ketones (excluding diaryl/α,β-unsaturated/α-hetero) is 1. The van der Waals surface area contributed by atoms with Gasteiger partial charge in [-0.1, -0.05) is 60.1 Å². The largest absolute Gasteiger partial charge is 0.466 e. The highest BCUT2D eigenvalue weighted by atomic mass is 35.5. The second-order valence-corrected chi connectivity index (χ2v) is 8.40. The molecule has 3 aromatic rings. The van der Waals surface area contributed by atoms with E-state index < -0.39 is 11.9 Å². The summed E-state index contributed by atoms with van der Waals surface area (Å²) in [7, 11) is 1.30. The lowest BCUT2D eigenvalue weighted by Gasteiger charge is -2.20. The Morgan fingerprint density at radius 1 is 1.00 bits per heavy atom. The minimum Gasteiger partial charge on any atom is -0.466 e. The lowest BCUT2D eigenvalue weighted by atomic mass is 9.83. The van der Waals surface area contributed by atoms with Gasteiger partial charge in [-0.25, -0.2) is 4.79 Å². The van der Waals surface area contributed by atoms with Crippen LogP contribution in [0.1, 0.15) is 43.8 Å². The molecule has 0 spiro atoms. The van der Waals surface area contributed by atoms with Gasteiger partial charge < -0.3 is 10.5 Å². The molecule has 4 rings (SSSR count). The highest BCUT2D eigenvalue weighted by Crippen LogP contribution is 2.34. The van der Waals surface area contributed by atoms with Gasteiger partial charge in [-0.3, -0.25) is 9.59 Å². The van der Waals surface area contributed by atoms with Crippen LogP contribution in [0.2, 0.25) is 5.02 Å². The number of benzene rings is 3. The first-order chi connectivity index (χ1) is 16.4. The van der Waals surface area contributed by atoms with E-state index in [0.29, 0.717) is 32.9 Å². The lowest BCUT2D eigenvalue weighted by Crippen LogP contribution is -2.18. The molecule has 0 fully saturated rings. The molecule has 0 saturated carbocycles. The van der Waals surface area contributed by atoms with Crippen molar-refractivity contribution in [3.63, 3.8) is 0 Å². The van der Waals surface area contributed by atoms with Crippen LogP contribution in [-0.4, -0.2) is 24.8 Å². The predicted octanol–water partition coefficient (Wildman–Crippen LogP) is 5.28. The van der Waals surface area contributed by atoms with Crippen LogP contribution in [0.4, 0.5) is 0 Å². The maximum atomic E-state index is 13.7. The summed E-state index contributed by atoms with van der Waals surface area (Å²) >= 11 is 6.26. The van der Waals surface area contributed by atoms with Crippen LogP contribution in [0, 0.1) is 0 Å². The summed E-state index contributed by atoms with van der Waals surface area (Å²) in [6, 6.07) is 21.4. The van der Waals surface area contributed by atoms with Crippen LogP contribution in [-0.2, 0) is 16.0 Å². The summed E-state index contributed by atoms with van der Waals surface area (Å²) in [5.41, 5.74) is 10.0. The fourth-order valence-corrected chi connectivity index (χ4v) is 4.21. The quantitative estimate of drug-likeness (QED) is 0.513. The number of primary amides is 1. The first-order valence-electron chi connectivity index (χ1n) is 10.7. The number of carbonyl (C=O) groups excluding carboxylic acids is 3. The van der Waals surface area contributed by atoms with Gasteiger partial charge in [0, 0.05) is 40.1 Å². The normalized spacial score (nSPS) is 17.1. The first-order valence-corrected chi connectivity index (χ1v) is 11.0. The Labute approximate surface area is 202 Å². The average molecular weight is 472 g/mol. The third-order valence-corrected chi connectivity index (χ3v) is 6.02. The van der Waals surface area contributed by atoms with Gasteiger partial charge in [0.05, 0.1) is 7.11 Å². The number of allylic oxidation sites excluding steroid dienone is 2. The van der Waals surface area contributed by atoms with Crippen molar-refractivity contribution in [3.05, 3.63) is 117 Å². The minimum absolute atomic E-state index is 0.187. The van der Waals surface area contributed by atoms with Crippen molar-refractivity contribution in [2.75, 3.05) is 7.11 Å². The molecule has 0 radical (unpaired) electrons. The van der Waals surface area contributed by atoms with Crippen LogP contribution >= 0.6 is 11.6 Å². The zero-order valence-corrected chi connectivity index (χ0v) is 19.3. The van der Waals surface area contributed by atoms with Crippen molar-refractivity contribution < 1.29 is 19.1 Å². The van der Waals surface area contributed by atoms with E-state index in [1.165, 1.54) is 7.11 Å². The van der Waals surface area contributed by atoms with Crippen molar-refractivity contribution >= 4 is 40.9 Å². The number of fused-ring (bicyclic) bond motifs is 1. The molecule has 0 unspecified atom stereocenters.